The zero-order valence-corrected chi connectivity index (χ0v) is 24.3. The second-order valence-corrected chi connectivity index (χ2v) is 10.9. The summed E-state index contributed by atoms with van der Waals surface area (Å²) in [5.41, 5.74) is 5.76. The van der Waals surface area contributed by atoms with Gasteiger partial charge >= 0.3 is 0 Å². The molecule has 1 atom stereocenters. The Balaban J connectivity index is 2.27. The zero-order chi connectivity index (χ0) is 27.8. The van der Waals surface area contributed by atoms with Crippen molar-refractivity contribution in [3.05, 3.63) is 36.4 Å². The Bertz CT molecular complexity index is 800. The fourth-order valence-electron chi connectivity index (χ4n) is 2.80. The fourth-order valence-corrected chi connectivity index (χ4v) is 4.27. The molecule has 10 nitrogen and oxygen atoms in total. The Morgan fingerprint density at radius 3 is 2.53 bits per heavy atom. The molecule has 0 unspecified atom stereocenters. The monoisotopic (exact) mass is 573 g/mol. The third-order valence-corrected chi connectivity index (χ3v) is 6.42. The van der Waals surface area contributed by atoms with Crippen LogP contribution < -0.4 is 21.1 Å². The lowest BCUT2D eigenvalue weighted by Crippen LogP contribution is -2.28. The maximum Gasteiger partial charge on any atom is 0.246 e. The summed E-state index contributed by atoms with van der Waals surface area (Å²) in [6.07, 6.45) is 6.16. The largest absolute Gasteiger partial charge is 0.490 e. The molecule has 12 heteroatoms. The fraction of sp³-hybridized carbons (Fsp3) is 0.615. The highest BCUT2D eigenvalue weighted by atomic mass is 33.1. The van der Waals surface area contributed by atoms with Crippen LogP contribution in [0.2, 0.25) is 0 Å². The number of rotatable bonds is 23. The van der Waals surface area contributed by atoms with Crippen molar-refractivity contribution in [2.24, 2.45) is 11.7 Å². The summed E-state index contributed by atoms with van der Waals surface area (Å²) >= 11 is 0. The first-order chi connectivity index (χ1) is 18.4. The topological polar surface area (TPSA) is 130 Å². The molecule has 0 bridgehead atoms. The van der Waals surface area contributed by atoms with Crippen molar-refractivity contribution in [1.82, 2.24) is 5.32 Å². The second kappa shape index (κ2) is 23.1. The minimum Gasteiger partial charge on any atom is -0.490 e. The molecule has 0 saturated heterocycles. The lowest BCUT2D eigenvalue weighted by Gasteiger charge is -2.17. The first-order valence-electron chi connectivity index (χ1n) is 12.6. The van der Waals surface area contributed by atoms with E-state index in [9.17, 15) is 9.59 Å². The van der Waals surface area contributed by atoms with E-state index >= 15 is 0 Å². The summed E-state index contributed by atoms with van der Waals surface area (Å²) in [6, 6.07) is 7.19. The van der Waals surface area contributed by atoms with Crippen molar-refractivity contribution in [3.8, 4) is 5.75 Å². The molecule has 4 N–H and O–H groups in total. The number of hydrogen-bond donors (Lipinski definition) is 3. The molecule has 0 aromatic heterocycles. The number of benzene rings is 1. The molecule has 0 radical (unpaired) electrons. The van der Waals surface area contributed by atoms with Crippen LogP contribution in [0.4, 0.5) is 5.69 Å². The molecule has 0 spiro atoms. The van der Waals surface area contributed by atoms with Crippen molar-refractivity contribution >= 4 is 39.1 Å². The number of ether oxygens (including phenoxy) is 5. The molecule has 0 saturated carbocycles. The van der Waals surface area contributed by atoms with Gasteiger partial charge in [-0.2, -0.15) is 0 Å². The molecule has 2 amide bonds. The lowest BCUT2D eigenvalue weighted by molar-refractivity contribution is -0.126. The van der Waals surface area contributed by atoms with Crippen molar-refractivity contribution in [1.29, 1.82) is 0 Å². The zero-order valence-electron chi connectivity index (χ0n) is 22.6. The quantitative estimate of drug-likeness (QED) is 0.0777. The molecule has 1 aromatic carbocycles. The summed E-state index contributed by atoms with van der Waals surface area (Å²) in [4.78, 5) is 23.9. The van der Waals surface area contributed by atoms with Crippen molar-refractivity contribution < 1.29 is 33.3 Å². The maximum atomic E-state index is 12.2. The number of anilines is 1. The van der Waals surface area contributed by atoms with Crippen LogP contribution >= 0.6 is 21.6 Å². The summed E-state index contributed by atoms with van der Waals surface area (Å²) in [7, 11) is 3.11. The van der Waals surface area contributed by atoms with Crippen molar-refractivity contribution in [2.45, 2.75) is 25.7 Å². The number of carbonyl (C=O) groups excluding carboxylic acids is 2. The van der Waals surface area contributed by atoms with Gasteiger partial charge in [0.2, 0.25) is 11.8 Å². The van der Waals surface area contributed by atoms with E-state index in [1.165, 1.54) is 10.8 Å². The molecular weight excluding hydrogens is 530 g/mol. The Hall–Kier alpha value is -1.80. The molecule has 1 aromatic rings. The smallest absolute Gasteiger partial charge is 0.246 e. The van der Waals surface area contributed by atoms with E-state index in [-0.39, 0.29) is 30.3 Å². The van der Waals surface area contributed by atoms with Crippen LogP contribution in [-0.2, 0) is 28.5 Å². The van der Waals surface area contributed by atoms with Gasteiger partial charge in [-0.05, 0) is 24.3 Å². The number of hydrogen-bond acceptors (Lipinski definition) is 10. The van der Waals surface area contributed by atoms with E-state index in [4.69, 9.17) is 29.4 Å². The molecule has 216 valence electrons. The van der Waals surface area contributed by atoms with Crippen LogP contribution in [0.5, 0.6) is 5.75 Å². The lowest BCUT2D eigenvalue weighted by atomic mass is 10.2. The average Bonchev–Trinajstić information content (AvgIpc) is 2.89. The molecule has 0 heterocycles. The van der Waals surface area contributed by atoms with Crippen LogP contribution in [0.15, 0.2) is 36.4 Å². The number of amides is 2. The number of allylic oxidation sites excluding steroid dienone is 1. The third-order valence-electron chi connectivity index (χ3n) is 4.52. The van der Waals surface area contributed by atoms with E-state index in [1.807, 2.05) is 30.5 Å². The van der Waals surface area contributed by atoms with E-state index in [2.05, 4.69) is 24.5 Å². The predicted octanol–water partition coefficient (Wildman–Crippen LogP) is 3.08. The SMILES string of the molecule is CSS[C@H](COc1cccc(NC(=O)CCOCCOCCN)c1)OCCOCC(=O)NC/C=C/C(C)C. The highest BCUT2D eigenvalue weighted by Crippen LogP contribution is 2.26. The molecular formula is C26H43N3O7S2. The van der Waals surface area contributed by atoms with Gasteiger partial charge in [0.1, 0.15) is 24.4 Å². The Morgan fingerprint density at radius 2 is 1.79 bits per heavy atom. The van der Waals surface area contributed by atoms with Crippen LogP contribution in [0.3, 0.4) is 0 Å². The van der Waals surface area contributed by atoms with E-state index in [0.717, 1.165) is 0 Å². The van der Waals surface area contributed by atoms with Crippen molar-refractivity contribution in [3.63, 3.8) is 0 Å². The summed E-state index contributed by atoms with van der Waals surface area (Å²) < 4.78 is 27.7. The standard InChI is InChI=1S/C26H43N3O7S2/c1-21(2)6-5-11-28-25(31)19-34-16-17-35-26(38-37-3)20-36-23-8-4-7-22(18-23)29-24(30)9-12-32-14-15-33-13-10-27/h4-8,18,21,26H,9-17,19-20,27H2,1-3H3,(H,28,31)(H,29,30)/b6-5+/t26-/m1/s1. The highest BCUT2D eigenvalue weighted by Gasteiger charge is 2.12. The first-order valence-corrected chi connectivity index (χ1v) is 15.3. The molecule has 1 rings (SSSR count). The number of carbonyl (C=O) groups is 2. The normalized spacial score (nSPS) is 12.1. The van der Waals surface area contributed by atoms with Gasteiger partial charge in [0.25, 0.3) is 0 Å². The summed E-state index contributed by atoms with van der Waals surface area (Å²) in [6.45, 7) is 7.74. The van der Waals surface area contributed by atoms with Gasteiger partial charge < -0.3 is 40.1 Å². The van der Waals surface area contributed by atoms with E-state index in [0.29, 0.717) is 76.7 Å². The average molecular weight is 574 g/mol. The van der Waals surface area contributed by atoms with Crippen LogP contribution in [0.25, 0.3) is 0 Å². The molecule has 0 aliphatic rings. The van der Waals surface area contributed by atoms with Gasteiger partial charge in [-0.1, -0.05) is 53.7 Å². The number of nitrogens with two attached hydrogens (primary N) is 1. The van der Waals surface area contributed by atoms with Gasteiger partial charge in [-0.25, -0.2) is 0 Å². The highest BCUT2D eigenvalue weighted by molar-refractivity contribution is 8.76. The van der Waals surface area contributed by atoms with Crippen LogP contribution in [0.1, 0.15) is 20.3 Å². The molecule has 38 heavy (non-hydrogen) atoms. The number of nitrogens with one attached hydrogen (secondary N) is 2. The minimum absolute atomic E-state index is 0.0104. The summed E-state index contributed by atoms with van der Waals surface area (Å²) in [5, 5.41) is 5.62. The Kier molecular flexibility index (Phi) is 20.8. The van der Waals surface area contributed by atoms with Gasteiger partial charge in [-0.3, -0.25) is 9.59 Å². The van der Waals surface area contributed by atoms with E-state index in [1.54, 1.807) is 22.9 Å². The Morgan fingerprint density at radius 1 is 1.03 bits per heavy atom. The van der Waals surface area contributed by atoms with Crippen LogP contribution in [-0.4, -0.2) is 89.5 Å². The van der Waals surface area contributed by atoms with Gasteiger partial charge in [-0.15, -0.1) is 0 Å². The van der Waals surface area contributed by atoms with Crippen LogP contribution in [0, 0.1) is 5.92 Å². The molecule has 0 aliphatic heterocycles. The molecule has 0 aliphatic carbocycles. The summed E-state index contributed by atoms with van der Waals surface area (Å²) in [5.74, 6) is 0.759. The third kappa shape index (κ3) is 19.3. The predicted molar refractivity (Wildman–Crippen MR) is 155 cm³/mol. The van der Waals surface area contributed by atoms with E-state index < -0.39 is 0 Å². The van der Waals surface area contributed by atoms with Crippen molar-refractivity contribution in [2.75, 3.05) is 77.5 Å². The molecule has 0 fully saturated rings. The maximum absolute atomic E-state index is 12.2. The minimum atomic E-state index is -0.229. The second-order valence-electron chi connectivity index (χ2n) is 8.24. The first kappa shape index (κ1) is 34.2. The Labute approximate surface area is 234 Å². The van der Waals surface area contributed by atoms with Gasteiger partial charge in [0.15, 0.2) is 0 Å². The van der Waals surface area contributed by atoms with Gasteiger partial charge in [0.05, 0.1) is 46.1 Å². The van der Waals surface area contributed by atoms with Gasteiger partial charge in [0, 0.05) is 24.8 Å².